The van der Waals surface area contributed by atoms with Crippen molar-refractivity contribution in [3.05, 3.63) is 70.4 Å². The van der Waals surface area contributed by atoms with E-state index in [-0.39, 0.29) is 18.0 Å². The van der Waals surface area contributed by atoms with Crippen molar-refractivity contribution in [2.75, 3.05) is 29.5 Å². The highest BCUT2D eigenvalue weighted by Crippen LogP contribution is 2.40. The molecule has 0 aromatic heterocycles. The van der Waals surface area contributed by atoms with Crippen molar-refractivity contribution in [3.8, 4) is 0 Å². The molecule has 0 spiro atoms. The summed E-state index contributed by atoms with van der Waals surface area (Å²) in [4.78, 5) is 32.2. The van der Waals surface area contributed by atoms with Crippen molar-refractivity contribution in [1.82, 2.24) is 4.90 Å². The molecule has 9 heteroatoms. The molecule has 0 radical (unpaired) electrons. The van der Waals surface area contributed by atoms with Crippen LogP contribution < -0.4 is 10.6 Å². The van der Waals surface area contributed by atoms with Gasteiger partial charge in [0.15, 0.2) is 5.17 Å². The van der Waals surface area contributed by atoms with E-state index in [2.05, 4.69) is 20.5 Å². The third-order valence-electron chi connectivity index (χ3n) is 5.32. The average molecular weight is 485 g/mol. The van der Waals surface area contributed by atoms with Crippen molar-refractivity contribution in [3.63, 3.8) is 0 Å². The summed E-state index contributed by atoms with van der Waals surface area (Å²) in [6, 6.07) is 13.7. The van der Waals surface area contributed by atoms with Gasteiger partial charge < -0.3 is 20.3 Å². The van der Waals surface area contributed by atoms with Crippen LogP contribution in [-0.4, -0.2) is 41.0 Å². The van der Waals surface area contributed by atoms with Gasteiger partial charge in [-0.15, -0.1) is 0 Å². The zero-order valence-electron chi connectivity index (χ0n) is 18.4. The first-order valence-corrected chi connectivity index (χ1v) is 12.1. The molecule has 1 saturated heterocycles. The molecule has 7 nitrogen and oxygen atoms in total. The highest BCUT2D eigenvalue weighted by molar-refractivity contribution is 8.13. The molecular weight excluding hydrogens is 460 g/mol. The van der Waals surface area contributed by atoms with Gasteiger partial charge in [-0.25, -0.2) is 14.6 Å². The van der Waals surface area contributed by atoms with Crippen LogP contribution in [0.2, 0.25) is 5.02 Å². The lowest BCUT2D eigenvalue weighted by atomic mass is 9.94. The van der Waals surface area contributed by atoms with Crippen LogP contribution in [-0.2, 0) is 9.53 Å². The Kier molecular flexibility index (Phi) is 7.25. The van der Waals surface area contributed by atoms with Crippen molar-refractivity contribution in [2.45, 2.75) is 26.3 Å². The summed E-state index contributed by atoms with van der Waals surface area (Å²) < 4.78 is 5.36. The highest BCUT2D eigenvalue weighted by atomic mass is 35.5. The number of halogens is 1. The predicted octanol–water partition coefficient (Wildman–Crippen LogP) is 5.67. The van der Waals surface area contributed by atoms with Gasteiger partial charge >= 0.3 is 12.0 Å². The number of hydrogen-bond donors (Lipinski definition) is 2. The number of carbonyl (C=O) groups is 2. The molecule has 1 atom stereocenters. The molecule has 0 aliphatic carbocycles. The number of benzene rings is 2. The topological polar surface area (TPSA) is 83.0 Å². The van der Waals surface area contributed by atoms with Gasteiger partial charge in [0.2, 0.25) is 0 Å². The summed E-state index contributed by atoms with van der Waals surface area (Å²) in [5.41, 5.74) is 3.34. The molecular formula is C24H25ClN4O3S. The summed E-state index contributed by atoms with van der Waals surface area (Å²) >= 11 is 7.60. The van der Waals surface area contributed by atoms with E-state index in [9.17, 15) is 9.59 Å². The number of amidine groups is 1. The van der Waals surface area contributed by atoms with Gasteiger partial charge in [-0.1, -0.05) is 35.5 Å². The summed E-state index contributed by atoms with van der Waals surface area (Å²) in [6.45, 7) is 4.73. The molecule has 4 rings (SSSR count). The van der Waals surface area contributed by atoms with Crippen molar-refractivity contribution >= 4 is 51.9 Å². The van der Waals surface area contributed by atoms with E-state index < -0.39 is 0 Å². The maximum Gasteiger partial charge on any atom is 0.338 e. The molecule has 2 heterocycles. The minimum Gasteiger partial charge on any atom is -0.463 e. The van der Waals surface area contributed by atoms with E-state index >= 15 is 0 Å². The van der Waals surface area contributed by atoms with E-state index in [1.54, 1.807) is 43.0 Å². The number of amides is 2. The smallest absolute Gasteiger partial charge is 0.338 e. The normalized spacial score (nSPS) is 17.7. The van der Waals surface area contributed by atoms with Crippen molar-refractivity contribution < 1.29 is 14.3 Å². The number of esters is 1. The number of aliphatic imine (C=N–C) groups is 1. The second kappa shape index (κ2) is 10.3. The Morgan fingerprint density at radius 2 is 1.94 bits per heavy atom. The maximum atomic E-state index is 12.9. The van der Waals surface area contributed by atoms with Gasteiger partial charge in [-0.05, 0) is 62.2 Å². The third-order valence-corrected chi connectivity index (χ3v) is 6.64. The summed E-state index contributed by atoms with van der Waals surface area (Å²) in [7, 11) is 0. The molecule has 2 aliphatic rings. The molecule has 1 fully saturated rings. The molecule has 172 valence electrons. The fourth-order valence-electron chi connectivity index (χ4n) is 3.90. The Balaban J connectivity index is 1.60. The van der Waals surface area contributed by atoms with Crippen LogP contribution in [0.1, 0.15) is 31.9 Å². The number of rotatable bonds is 5. The van der Waals surface area contributed by atoms with E-state index in [1.165, 1.54) is 0 Å². The van der Waals surface area contributed by atoms with Gasteiger partial charge in [0, 0.05) is 28.7 Å². The molecule has 1 unspecified atom stereocenters. The van der Waals surface area contributed by atoms with Crippen LogP contribution in [0.25, 0.3) is 0 Å². The zero-order valence-corrected chi connectivity index (χ0v) is 20.0. The highest BCUT2D eigenvalue weighted by Gasteiger charge is 2.37. The van der Waals surface area contributed by atoms with Crippen LogP contribution in [0.5, 0.6) is 0 Å². The number of urea groups is 1. The SMILES string of the molecule is CCOC(=O)C1=C(C)N=C2SCCCN2C1c1cccc(NC(=O)Nc2ccc(Cl)cc2)c1. The lowest BCUT2D eigenvalue weighted by Gasteiger charge is -2.40. The standard InChI is InChI=1S/C24H25ClN4O3S/c1-3-32-22(30)20-15(2)26-24-29(12-5-13-33-24)21(20)16-6-4-7-19(14-16)28-23(31)27-18-10-8-17(25)9-11-18/h4,6-11,14,21H,3,5,12-13H2,1-2H3,(H2,27,28,31). The van der Waals surface area contributed by atoms with Crippen LogP contribution in [0.3, 0.4) is 0 Å². The molecule has 2 aromatic carbocycles. The fraction of sp³-hybridized carbons (Fsp3) is 0.292. The number of anilines is 2. The van der Waals surface area contributed by atoms with Crippen LogP contribution >= 0.6 is 23.4 Å². The Labute approximate surface area is 202 Å². The lowest BCUT2D eigenvalue weighted by Crippen LogP contribution is -2.42. The van der Waals surface area contributed by atoms with E-state index in [4.69, 9.17) is 16.3 Å². The summed E-state index contributed by atoms with van der Waals surface area (Å²) in [5.74, 6) is 0.633. The second-order valence-electron chi connectivity index (χ2n) is 7.62. The second-order valence-corrected chi connectivity index (χ2v) is 9.12. The van der Waals surface area contributed by atoms with E-state index in [0.29, 0.717) is 34.3 Å². The molecule has 33 heavy (non-hydrogen) atoms. The molecule has 0 saturated carbocycles. The number of nitrogens with zero attached hydrogens (tertiary/aromatic N) is 2. The van der Waals surface area contributed by atoms with Gasteiger partial charge in [0.05, 0.1) is 23.9 Å². The number of carbonyl (C=O) groups excluding carboxylic acids is 2. The van der Waals surface area contributed by atoms with Crippen molar-refractivity contribution in [1.29, 1.82) is 0 Å². The number of allylic oxidation sites excluding steroid dienone is 1. The van der Waals surface area contributed by atoms with Gasteiger partial charge in [-0.3, -0.25) is 0 Å². The Morgan fingerprint density at radius 3 is 2.70 bits per heavy atom. The first-order chi connectivity index (χ1) is 16.0. The van der Waals surface area contributed by atoms with Crippen molar-refractivity contribution in [2.24, 2.45) is 4.99 Å². The monoisotopic (exact) mass is 484 g/mol. The average Bonchev–Trinajstić information content (AvgIpc) is 2.80. The minimum atomic E-state index is -0.369. The first kappa shape index (κ1) is 23.2. The minimum absolute atomic E-state index is 0.292. The van der Waals surface area contributed by atoms with Gasteiger partial charge in [-0.2, -0.15) is 0 Å². The van der Waals surface area contributed by atoms with Gasteiger partial charge in [0.25, 0.3) is 0 Å². The van der Waals surface area contributed by atoms with Crippen LogP contribution in [0.4, 0.5) is 16.2 Å². The fourth-order valence-corrected chi connectivity index (χ4v) is 5.04. The number of nitrogens with one attached hydrogen (secondary N) is 2. The first-order valence-electron chi connectivity index (χ1n) is 10.8. The third kappa shape index (κ3) is 5.34. The van der Waals surface area contributed by atoms with Crippen LogP contribution in [0, 0.1) is 0 Å². The number of fused-ring (bicyclic) bond motifs is 1. The Morgan fingerprint density at radius 1 is 1.18 bits per heavy atom. The summed E-state index contributed by atoms with van der Waals surface area (Å²) in [5, 5.41) is 7.17. The van der Waals surface area contributed by atoms with E-state index in [0.717, 1.165) is 29.4 Å². The Bertz CT molecular complexity index is 1120. The summed E-state index contributed by atoms with van der Waals surface area (Å²) in [6.07, 6.45) is 0.997. The predicted molar refractivity (Wildman–Crippen MR) is 134 cm³/mol. The number of ether oxygens (including phenoxy) is 1. The van der Waals surface area contributed by atoms with E-state index in [1.807, 2.05) is 31.2 Å². The molecule has 2 amide bonds. The molecule has 2 N–H and O–H groups in total. The van der Waals surface area contributed by atoms with Gasteiger partial charge in [0.1, 0.15) is 0 Å². The Hall–Kier alpha value is -2.97. The largest absolute Gasteiger partial charge is 0.463 e. The quantitative estimate of drug-likeness (QED) is 0.534. The number of thioether (sulfide) groups is 1. The van der Waals surface area contributed by atoms with Crippen LogP contribution in [0.15, 0.2) is 64.8 Å². The molecule has 2 aromatic rings. The lowest BCUT2D eigenvalue weighted by molar-refractivity contribution is -0.139. The molecule has 2 aliphatic heterocycles. The maximum absolute atomic E-state index is 12.9. The number of hydrogen-bond acceptors (Lipinski definition) is 6. The zero-order chi connectivity index (χ0) is 23.4. The molecule has 0 bridgehead atoms.